The molecular weight excluding hydrogens is 384 g/mol. The smallest absolute Gasteiger partial charge is 0.242 e. The summed E-state index contributed by atoms with van der Waals surface area (Å²) in [5.74, 6) is 0.720. The van der Waals surface area contributed by atoms with Gasteiger partial charge < -0.3 is 15.1 Å². The van der Waals surface area contributed by atoms with Gasteiger partial charge in [0, 0.05) is 58.4 Å². The van der Waals surface area contributed by atoms with Crippen molar-refractivity contribution in [1.29, 1.82) is 0 Å². The molecule has 1 N–H and O–H groups in total. The second-order valence-electron chi connectivity index (χ2n) is 6.27. The van der Waals surface area contributed by atoms with Crippen LogP contribution in [-0.2, 0) is 10.0 Å². The molecule has 27 heavy (non-hydrogen) atoms. The summed E-state index contributed by atoms with van der Waals surface area (Å²) in [4.78, 5) is 12.9. The number of anilines is 2. The molecule has 2 aromatic rings. The van der Waals surface area contributed by atoms with Gasteiger partial charge in [0.25, 0.3) is 0 Å². The Labute approximate surface area is 164 Å². The largest absolute Gasteiger partial charge is 0.345 e. The summed E-state index contributed by atoms with van der Waals surface area (Å²) >= 11 is 5.50. The molecule has 8 nitrogen and oxygen atoms in total. The maximum absolute atomic E-state index is 12.3. The fourth-order valence-corrected chi connectivity index (χ4v) is 3.96. The standard InChI is InChI=1S/C17H22N6O2S2/c1-21(2)27(24,25)15-6-3-5-14(13-15)20-17(26)23-11-9-22(10-12-23)16-18-7-4-8-19-16/h3-8,13H,9-12H2,1-2H3,(H,20,26). The lowest BCUT2D eigenvalue weighted by Crippen LogP contribution is -2.50. The summed E-state index contributed by atoms with van der Waals surface area (Å²) in [6, 6.07) is 8.46. The number of benzene rings is 1. The SMILES string of the molecule is CN(C)S(=O)(=O)c1cccc(NC(=S)N2CCN(c3ncccn3)CC2)c1. The molecule has 0 atom stereocenters. The first-order valence-corrected chi connectivity index (χ1v) is 10.3. The zero-order chi connectivity index (χ0) is 19.4. The van der Waals surface area contributed by atoms with E-state index in [1.165, 1.54) is 18.4 Å². The van der Waals surface area contributed by atoms with Crippen molar-refractivity contribution in [2.45, 2.75) is 4.90 Å². The van der Waals surface area contributed by atoms with Crippen molar-refractivity contribution < 1.29 is 8.42 Å². The second-order valence-corrected chi connectivity index (χ2v) is 8.81. The second kappa shape index (κ2) is 8.15. The molecule has 0 bridgehead atoms. The molecule has 1 aliphatic heterocycles. The molecule has 1 saturated heterocycles. The Bertz CT molecular complexity index is 897. The Morgan fingerprint density at radius 3 is 2.41 bits per heavy atom. The predicted molar refractivity (Wildman–Crippen MR) is 109 cm³/mol. The lowest BCUT2D eigenvalue weighted by atomic mass is 10.3. The molecule has 1 aromatic carbocycles. The zero-order valence-corrected chi connectivity index (χ0v) is 16.9. The molecule has 0 amide bonds. The number of hydrogen-bond acceptors (Lipinski definition) is 6. The van der Waals surface area contributed by atoms with Gasteiger partial charge in [-0.05, 0) is 36.5 Å². The van der Waals surface area contributed by atoms with Crippen LogP contribution < -0.4 is 10.2 Å². The molecule has 144 valence electrons. The van der Waals surface area contributed by atoms with E-state index in [1.54, 1.807) is 42.7 Å². The Morgan fingerprint density at radius 1 is 1.11 bits per heavy atom. The number of piperazine rings is 1. The minimum absolute atomic E-state index is 0.228. The van der Waals surface area contributed by atoms with Gasteiger partial charge in [-0.25, -0.2) is 22.7 Å². The Balaban J connectivity index is 1.62. The van der Waals surface area contributed by atoms with Gasteiger partial charge in [0.05, 0.1) is 4.90 Å². The van der Waals surface area contributed by atoms with E-state index in [0.717, 1.165) is 32.1 Å². The highest BCUT2D eigenvalue weighted by molar-refractivity contribution is 7.89. The average molecular weight is 407 g/mol. The van der Waals surface area contributed by atoms with Crippen molar-refractivity contribution in [2.24, 2.45) is 0 Å². The van der Waals surface area contributed by atoms with E-state index in [9.17, 15) is 8.42 Å². The van der Waals surface area contributed by atoms with Crippen LogP contribution in [0.2, 0.25) is 0 Å². The van der Waals surface area contributed by atoms with E-state index in [1.807, 2.05) is 0 Å². The number of aromatic nitrogens is 2. The highest BCUT2D eigenvalue weighted by atomic mass is 32.2. The zero-order valence-electron chi connectivity index (χ0n) is 15.2. The fourth-order valence-electron chi connectivity index (χ4n) is 2.71. The number of nitrogens with zero attached hydrogens (tertiary/aromatic N) is 5. The minimum Gasteiger partial charge on any atom is -0.345 e. The lowest BCUT2D eigenvalue weighted by molar-refractivity contribution is 0.388. The Hall–Kier alpha value is -2.30. The van der Waals surface area contributed by atoms with Crippen molar-refractivity contribution in [1.82, 2.24) is 19.2 Å². The van der Waals surface area contributed by atoms with E-state index in [2.05, 4.69) is 25.1 Å². The lowest BCUT2D eigenvalue weighted by Gasteiger charge is -2.36. The van der Waals surface area contributed by atoms with Gasteiger partial charge in [-0.1, -0.05) is 6.07 Å². The monoisotopic (exact) mass is 406 g/mol. The molecule has 1 fully saturated rings. The summed E-state index contributed by atoms with van der Waals surface area (Å²) in [6.07, 6.45) is 3.46. The van der Waals surface area contributed by atoms with Crippen LogP contribution in [-0.4, -0.2) is 73.0 Å². The normalized spacial score (nSPS) is 15.1. The summed E-state index contributed by atoms with van der Waals surface area (Å²) in [5, 5.41) is 3.71. The van der Waals surface area contributed by atoms with Crippen LogP contribution >= 0.6 is 12.2 Å². The van der Waals surface area contributed by atoms with Gasteiger partial charge in [0.1, 0.15) is 0 Å². The molecule has 0 unspecified atom stereocenters. The molecular formula is C17H22N6O2S2. The highest BCUT2D eigenvalue weighted by Gasteiger charge is 2.21. The topological polar surface area (TPSA) is 81.7 Å². The summed E-state index contributed by atoms with van der Waals surface area (Å²) in [7, 11) is -0.462. The van der Waals surface area contributed by atoms with Crippen LogP contribution in [0.3, 0.4) is 0 Å². The average Bonchev–Trinajstić information content (AvgIpc) is 2.69. The Kier molecular flexibility index (Phi) is 5.88. The van der Waals surface area contributed by atoms with E-state index >= 15 is 0 Å². The molecule has 0 radical (unpaired) electrons. The summed E-state index contributed by atoms with van der Waals surface area (Å²) in [6.45, 7) is 3.00. The van der Waals surface area contributed by atoms with Crippen molar-refractivity contribution in [3.05, 3.63) is 42.7 Å². The molecule has 0 aliphatic carbocycles. The van der Waals surface area contributed by atoms with E-state index in [0.29, 0.717) is 10.8 Å². The number of thiocarbonyl (C=S) groups is 1. The molecule has 2 heterocycles. The van der Waals surface area contributed by atoms with Gasteiger partial charge >= 0.3 is 0 Å². The third-order valence-electron chi connectivity index (χ3n) is 4.27. The van der Waals surface area contributed by atoms with E-state index in [-0.39, 0.29) is 4.90 Å². The quantitative estimate of drug-likeness (QED) is 0.760. The number of hydrogen-bond donors (Lipinski definition) is 1. The molecule has 3 rings (SSSR count). The first kappa shape index (κ1) is 19.5. The van der Waals surface area contributed by atoms with Crippen LogP contribution in [0.25, 0.3) is 0 Å². The molecule has 0 saturated carbocycles. The maximum atomic E-state index is 12.3. The van der Waals surface area contributed by atoms with Gasteiger partial charge in [-0.15, -0.1) is 0 Å². The number of sulfonamides is 1. The Morgan fingerprint density at radius 2 is 1.78 bits per heavy atom. The minimum atomic E-state index is -3.48. The highest BCUT2D eigenvalue weighted by Crippen LogP contribution is 2.19. The summed E-state index contributed by atoms with van der Waals surface area (Å²) in [5.41, 5.74) is 0.650. The maximum Gasteiger partial charge on any atom is 0.242 e. The molecule has 10 heteroatoms. The first-order valence-electron chi connectivity index (χ1n) is 8.48. The van der Waals surface area contributed by atoms with Crippen molar-refractivity contribution >= 4 is 39.0 Å². The first-order chi connectivity index (χ1) is 12.9. The number of nitrogens with one attached hydrogen (secondary N) is 1. The van der Waals surface area contributed by atoms with Gasteiger partial charge in [0.15, 0.2) is 5.11 Å². The van der Waals surface area contributed by atoms with Crippen LogP contribution in [0, 0.1) is 0 Å². The van der Waals surface area contributed by atoms with Crippen molar-refractivity contribution in [3.63, 3.8) is 0 Å². The van der Waals surface area contributed by atoms with Crippen LogP contribution in [0.15, 0.2) is 47.6 Å². The van der Waals surface area contributed by atoms with E-state index < -0.39 is 10.0 Å². The van der Waals surface area contributed by atoms with Crippen molar-refractivity contribution in [2.75, 3.05) is 50.5 Å². The van der Waals surface area contributed by atoms with Crippen LogP contribution in [0.5, 0.6) is 0 Å². The van der Waals surface area contributed by atoms with E-state index in [4.69, 9.17) is 12.2 Å². The predicted octanol–water partition coefficient (Wildman–Crippen LogP) is 1.25. The molecule has 0 spiro atoms. The molecule has 1 aliphatic rings. The third-order valence-corrected chi connectivity index (χ3v) is 6.44. The summed E-state index contributed by atoms with van der Waals surface area (Å²) < 4.78 is 25.7. The van der Waals surface area contributed by atoms with Crippen molar-refractivity contribution in [3.8, 4) is 0 Å². The number of rotatable bonds is 4. The molecule has 1 aromatic heterocycles. The van der Waals surface area contributed by atoms with Crippen LogP contribution in [0.4, 0.5) is 11.6 Å². The third kappa shape index (κ3) is 4.52. The fraction of sp³-hybridized carbons (Fsp3) is 0.353. The van der Waals surface area contributed by atoms with Crippen LogP contribution in [0.1, 0.15) is 0 Å². The van der Waals surface area contributed by atoms with Gasteiger partial charge in [-0.2, -0.15) is 0 Å². The van der Waals surface area contributed by atoms with Gasteiger partial charge in [-0.3, -0.25) is 0 Å². The van der Waals surface area contributed by atoms with Gasteiger partial charge in [0.2, 0.25) is 16.0 Å².